The number of hydrogen-bond acceptors (Lipinski definition) is 8. The van der Waals surface area contributed by atoms with Gasteiger partial charge in [-0.1, -0.05) is 0 Å². The fourth-order valence-corrected chi connectivity index (χ4v) is 2.62. The molecule has 0 amide bonds. The summed E-state index contributed by atoms with van der Waals surface area (Å²) < 4.78 is 20.6. The van der Waals surface area contributed by atoms with E-state index in [1.165, 1.54) is 14.2 Å². The van der Waals surface area contributed by atoms with E-state index in [1.54, 1.807) is 26.0 Å². The largest absolute Gasteiger partial charge is 0.493 e. The van der Waals surface area contributed by atoms with Crippen LogP contribution in [0, 0.1) is 0 Å². The van der Waals surface area contributed by atoms with Gasteiger partial charge in [0.2, 0.25) is 5.28 Å². The second-order valence-corrected chi connectivity index (χ2v) is 5.38. The first-order valence-corrected chi connectivity index (χ1v) is 8.26. The minimum absolute atomic E-state index is 0.0813. The van der Waals surface area contributed by atoms with Crippen LogP contribution in [0.2, 0.25) is 5.28 Å². The summed E-state index contributed by atoms with van der Waals surface area (Å²) in [5.41, 5.74) is 0.467. The molecule has 0 saturated carbocycles. The number of hydrogen-bond donors (Lipinski definition) is 0. The molecule has 9 heteroatoms. The Morgan fingerprint density at radius 2 is 1.54 bits per heavy atom. The summed E-state index contributed by atoms with van der Waals surface area (Å²) in [6.07, 6.45) is 0. The maximum absolute atomic E-state index is 12.4. The molecule has 0 radical (unpaired) electrons. The maximum atomic E-state index is 12.4. The van der Waals surface area contributed by atoms with Gasteiger partial charge in [-0.15, -0.1) is 0 Å². The molecule has 1 aromatic carbocycles. The number of esters is 2. The molecule has 2 aromatic rings. The minimum Gasteiger partial charge on any atom is -0.493 e. The number of ether oxygens (including phenoxy) is 4. The first kappa shape index (κ1) is 19.7. The number of methoxy groups -OCH3 is 2. The summed E-state index contributed by atoms with van der Waals surface area (Å²) in [7, 11) is 2.95. The Hall–Kier alpha value is -2.61. The molecule has 0 aliphatic rings. The van der Waals surface area contributed by atoms with Gasteiger partial charge in [0.05, 0.1) is 38.6 Å². The van der Waals surface area contributed by atoms with Gasteiger partial charge in [-0.3, -0.25) is 9.59 Å². The van der Waals surface area contributed by atoms with Crippen LogP contribution in [0.5, 0.6) is 11.5 Å². The van der Waals surface area contributed by atoms with E-state index >= 15 is 0 Å². The molecule has 0 N–H and O–H groups in total. The van der Waals surface area contributed by atoms with Crippen molar-refractivity contribution in [1.29, 1.82) is 0 Å². The van der Waals surface area contributed by atoms with Gasteiger partial charge in [0.1, 0.15) is 0 Å². The molecule has 2 rings (SSSR count). The third kappa shape index (κ3) is 3.96. The maximum Gasteiger partial charge on any atom is 0.326 e. The fraction of sp³-hybridized carbons (Fsp3) is 0.412. The molecule has 0 saturated heterocycles. The predicted molar refractivity (Wildman–Crippen MR) is 93.7 cm³/mol. The first-order valence-electron chi connectivity index (χ1n) is 7.89. The molecule has 26 heavy (non-hydrogen) atoms. The van der Waals surface area contributed by atoms with Gasteiger partial charge in [0.25, 0.3) is 0 Å². The average molecular weight is 383 g/mol. The summed E-state index contributed by atoms with van der Waals surface area (Å²) in [6.45, 7) is 3.48. The van der Waals surface area contributed by atoms with Crippen LogP contribution in [-0.4, -0.2) is 49.3 Å². The van der Waals surface area contributed by atoms with Crippen molar-refractivity contribution >= 4 is 34.4 Å². The predicted octanol–water partition coefficient (Wildman–Crippen LogP) is 2.51. The monoisotopic (exact) mass is 382 g/mol. The zero-order valence-electron chi connectivity index (χ0n) is 14.9. The van der Waals surface area contributed by atoms with Crippen LogP contribution < -0.4 is 9.47 Å². The van der Waals surface area contributed by atoms with E-state index in [4.69, 9.17) is 30.5 Å². The van der Waals surface area contributed by atoms with Gasteiger partial charge in [0, 0.05) is 11.5 Å². The lowest BCUT2D eigenvalue weighted by Crippen LogP contribution is -2.27. The molecule has 1 aromatic heterocycles. The number of benzene rings is 1. The highest BCUT2D eigenvalue weighted by Gasteiger charge is 2.35. The van der Waals surface area contributed by atoms with E-state index in [0.717, 1.165) is 0 Å². The molecular formula is C17H19ClN2O6. The molecule has 0 aliphatic carbocycles. The van der Waals surface area contributed by atoms with Gasteiger partial charge in [-0.25, -0.2) is 9.97 Å². The number of rotatable bonds is 7. The Morgan fingerprint density at radius 1 is 1.00 bits per heavy atom. The highest BCUT2D eigenvalue weighted by molar-refractivity contribution is 6.28. The molecular weight excluding hydrogens is 364 g/mol. The molecule has 0 fully saturated rings. The molecule has 0 unspecified atom stereocenters. The van der Waals surface area contributed by atoms with Crippen LogP contribution >= 0.6 is 11.6 Å². The van der Waals surface area contributed by atoms with E-state index in [-0.39, 0.29) is 24.2 Å². The molecule has 0 spiro atoms. The summed E-state index contributed by atoms with van der Waals surface area (Å²) in [6, 6.07) is 3.16. The zero-order valence-corrected chi connectivity index (χ0v) is 15.6. The van der Waals surface area contributed by atoms with Crippen LogP contribution in [0.15, 0.2) is 12.1 Å². The van der Waals surface area contributed by atoms with Gasteiger partial charge >= 0.3 is 11.9 Å². The number of nitrogens with zero attached hydrogens (tertiary/aromatic N) is 2. The van der Waals surface area contributed by atoms with Crippen molar-refractivity contribution in [3.05, 3.63) is 23.1 Å². The quantitative estimate of drug-likeness (QED) is 0.409. The third-order valence-electron chi connectivity index (χ3n) is 3.52. The molecule has 1 heterocycles. The number of carbonyl (C=O) groups is 2. The molecule has 140 valence electrons. The lowest BCUT2D eigenvalue weighted by molar-refractivity contribution is -0.157. The summed E-state index contributed by atoms with van der Waals surface area (Å²) in [5.74, 6) is -2.15. The second-order valence-electron chi connectivity index (χ2n) is 5.04. The van der Waals surface area contributed by atoms with Crippen LogP contribution in [-0.2, 0) is 19.1 Å². The minimum atomic E-state index is -1.39. The standard InChI is InChI=1S/C17H19ClN2O6/c1-5-25-15(21)13(16(22)26-6-2)14-9-7-11(23-3)12(24-4)8-10(9)19-17(18)20-14/h7-8,13H,5-6H2,1-4H3. The van der Waals surface area contributed by atoms with Crippen LogP contribution in [0.1, 0.15) is 25.5 Å². The lowest BCUT2D eigenvalue weighted by Gasteiger charge is -2.17. The second kappa shape index (κ2) is 8.66. The number of carbonyl (C=O) groups excluding carboxylic acids is 2. The van der Waals surface area contributed by atoms with E-state index < -0.39 is 17.9 Å². The zero-order chi connectivity index (χ0) is 19.3. The van der Waals surface area contributed by atoms with Gasteiger partial charge in [-0.2, -0.15) is 0 Å². The van der Waals surface area contributed by atoms with Gasteiger partial charge in [-0.05, 0) is 31.5 Å². The molecule has 0 atom stereocenters. The summed E-state index contributed by atoms with van der Waals surface area (Å²) in [5, 5.41) is 0.275. The van der Waals surface area contributed by atoms with Crippen molar-refractivity contribution < 1.29 is 28.5 Å². The number of fused-ring (bicyclic) bond motifs is 1. The Labute approximate surface area is 155 Å². The highest BCUT2D eigenvalue weighted by Crippen LogP contribution is 2.35. The Kier molecular flexibility index (Phi) is 6.57. The van der Waals surface area contributed by atoms with E-state index in [0.29, 0.717) is 22.4 Å². The van der Waals surface area contributed by atoms with Crippen molar-refractivity contribution in [2.45, 2.75) is 19.8 Å². The Bertz CT molecular complexity index is 808. The molecule has 0 bridgehead atoms. The normalized spacial score (nSPS) is 10.7. The summed E-state index contributed by atoms with van der Waals surface area (Å²) >= 11 is 6.00. The van der Waals surface area contributed by atoms with E-state index in [9.17, 15) is 9.59 Å². The van der Waals surface area contributed by atoms with Gasteiger partial charge in [0.15, 0.2) is 17.4 Å². The SMILES string of the molecule is CCOC(=O)C(C(=O)OCC)c1nc(Cl)nc2cc(OC)c(OC)cc12. The van der Waals surface area contributed by atoms with Crippen molar-refractivity contribution in [1.82, 2.24) is 9.97 Å². The van der Waals surface area contributed by atoms with Crippen molar-refractivity contribution in [2.24, 2.45) is 0 Å². The first-order chi connectivity index (χ1) is 12.5. The van der Waals surface area contributed by atoms with E-state index in [2.05, 4.69) is 9.97 Å². The van der Waals surface area contributed by atoms with Crippen molar-refractivity contribution in [3.63, 3.8) is 0 Å². The van der Waals surface area contributed by atoms with Gasteiger partial charge < -0.3 is 18.9 Å². The summed E-state index contributed by atoms with van der Waals surface area (Å²) in [4.78, 5) is 33.0. The third-order valence-corrected chi connectivity index (χ3v) is 3.69. The van der Waals surface area contributed by atoms with Crippen LogP contribution in [0.4, 0.5) is 0 Å². The Morgan fingerprint density at radius 3 is 2.04 bits per heavy atom. The van der Waals surface area contributed by atoms with Crippen LogP contribution in [0.25, 0.3) is 10.9 Å². The van der Waals surface area contributed by atoms with Crippen molar-refractivity contribution in [3.8, 4) is 11.5 Å². The highest BCUT2D eigenvalue weighted by atomic mass is 35.5. The Balaban J connectivity index is 2.73. The lowest BCUT2D eigenvalue weighted by atomic mass is 10.0. The fourth-order valence-electron chi connectivity index (χ4n) is 2.44. The van der Waals surface area contributed by atoms with E-state index in [1.807, 2.05) is 0 Å². The molecule has 8 nitrogen and oxygen atoms in total. The number of aromatic nitrogens is 2. The average Bonchev–Trinajstić information content (AvgIpc) is 2.61. The molecule has 0 aliphatic heterocycles. The topological polar surface area (TPSA) is 96.8 Å². The van der Waals surface area contributed by atoms with Crippen LogP contribution in [0.3, 0.4) is 0 Å². The number of halogens is 1. The van der Waals surface area contributed by atoms with Crippen molar-refractivity contribution in [2.75, 3.05) is 27.4 Å². The smallest absolute Gasteiger partial charge is 0.326 e.